The van der Waals surface area contributed by atoms with Gasteiger partial charge in [-0.2, -0.15) is 0 Å². The monoisotopic (exact) mass is 872 g/mol. The van der Waals surface area contributed by atoms with Crippen LogP contribution >= 0.6 is 0 Å². The zero-order chi connectivity index (χ0) is 46.9. The number of benzene rings is 6. The van der Waals surface area contributed by atoms with Gasteiger partial charge in [-0.15, -0.1) is 0 Å². The van der Waals surface area contributed by atoms with Crippen LogP contribution in [0.25, 0.3) is 0 Å². The van der Waals surface area contributed by atoms with Crippen LogP contribution in [0.4, 0.5) is 45.5 Å². The van der Waals surface area contributed by atoms with E-state index in [9.17, 15) is 0 Å². The van der Waals surface area contributed by atoms with Crippen molar-refractivity contribution >= 4 is 68.6 Å². The van der Waals surface area contributed by atoms with E-state index in [4.69, 9.17) is 0 Å². The zero-order valence-electron chi connectivity index (χ0n) is 42.7. The maximum Gasteiger partial charge on any atom is 0.252 e. The van der Waals surface area contributed by atoms with Gasteiger partial charge in [-0.25, -0.2) is 0 Å². The minimum Gasteiger partial charge on any atom is -0.334 e. The highest BCUT2D eigenvalue weighted by atomic mass is 15.3. The molecule has 1 saturated carbocycles. The normalized spacial score (nSPS) is 20.5. The van der Waals surface area contributed by atoms with E-state index in [0.29, 0.717) is 0 Å². The van der Waals surface area contributed by atoms with E-state index in [1.807, 2.05) is 0 Å². The van der Waals surface area contributed by atoms with E-state index in [0.717, 1.165) is 0 Å². The van der Waals surface area contributed by atoms with Gasteiger partial charge in [-0.1, -0.05) is 176 Å². The molecule has 6 aromatic rings. The Bertz CT molecular complexity index is 2860. The Hall–Kier alpha value is -5.22. The second-order valence-electron chi connectivity index (χ2n) is 25.0. The molecule has 1 fully saturated rings. The largest absolute Gasteiger partial charge is 0.334 e. The van der Waals surface area contributed by atoms with Gasteiger partial charge in [0.15, 0.2) is 0 Å². The van der Waals surface area contributed by atoms with Crippen LogP contribution in [0.15, 0.2) is 121 Å². The molecule has 66 heavy (non-hydrogen) atoms. The number of nitrogens with zero attached hydrogens (tertiary/aromatic N) is 3. The summed E-state index contributed by atoms with van der Waals surface area (Å²) < 4.78 is 0. The van der Waals surface area contributed by atoms with Crippen molar-refractivity contribution in [1.82, 2.24) is 0 Å². The van der Waals surface area contributed by atoms with Gasteiger partial charge in [0.2, 0.25) is 0 Å². The standard InChI is InChI=1S/C62H74BN3/c1-57(2,3)41-26-29-45(30-27-41)64-53-40-47(66-51-25-18-17-24-48(51)61(13)34-19-15-16-20-35-62(61,66)14)31-33-50(53)63-49-32-28-43(59(7,8)9)37-52(49)65(46-23-21-22-42(36-46)58(4,5)6)55-39-44(60(10,11)12)38-54(64)56(55)63/h17-18,21-33,36-40H,15-16,19-20,34-35H2,1-14H3. The third-order valence-corrected chi connectivity index (χ3v) is 16.5. The van der Waals surface area contributed by atoms with Gasteiger partial charge < -0.3 is 14.7 Å². The first-order valence-electron chi connectivity index (χ1n) is 25.2. The van der Waals surface area contributed by atoms with Crippen LogP contribution in [0.3, 0.4) is 0 Å². The van der Waals surface area contributed by atoms with Crippen LogP contribution in [0.1, 0.15) is 163 Å². The molecule has 340 valence electrons. The Morgan fingerprint density at radius 1 is 0.409 bits per heavy atom. The van der Waals surface area contributed by atoms with Crippen LogP contribution in [0.2, 0.25) is 0 Å². The SMILES string of the molecule is CC(C)(C)c1ccc(N2c3cc(N4c5ccccc5C5(C)CCCCCCC45C)ccc3B3c4ccc(C(C)(C)C)cc4N(c4cccc(C(C)(C)C)c4)c4cc(C(C)(C)C)cc2c43)cc1. The molecular formula is C62H74BN3. The molecule has 0 saturated heterocycles. The van der Waals surface area contributed by atoms with Gasteiger partial charge in [0.1, 0.15) is 0 Å². The van der Waals surface area contributed by atoms with Gasteiger partial charge in [0.05, 0.1) is 5.54 Å². The molecule has 2 unspecified atom stereocenters. The molecule has 3 nitrogen and oxygen atoms in total. The van der Waals surface area contributed by atoms with Crippen molar-refractivity contribution in [2.24, 2.45) is 0 Å². The number of rotatable bonds is 3. The van der Waals surface area contributed by atoms with Crippen LogP contribution in [-0.4, -0.2) is 12.3 Å². The van der Waals surface area contributed by atoms with Crippen molar-refractivity contribution in [1.29, 1.82) is 0 Å². The number of fused-ring (bicyclic) bond motifs is 7. The fourth-order valence-electron chi connectivity index (χ4n) is 12.2. The van der Waals surface area contributed by atoms with Crippen LogP contribution in [-0.2, 0) is 27.1 Å². The summed E-state index contributed by atoms with van der Waals surface area (Å²) in [6.45, 7) is 33.4. The summed E-state index contributed by atoms with van der Waals surface area (Å²) in [5.74, 6) is 0. The van der Waals surface area contributed by atoms with E-state index in [1.54, 1.807) is 0 Å². The molecule has 0 bridgehead atoms. The molecular weight excluding hydrogens is 798 g/mol. The third-order valence-electron chi connectivity index (χ3n) is 16.5. The van der Waals surface area contributed by atoms with E-state index in [1.165, 1.54) is 128 Å². The van der Waals surface area contributed by atoms with Crippen molar-refractivity contribution in [3.8, 4) is 0 Å². The highest BCUT2D eigenvalue weighted by Gasteiger charge is 2.56. The Kier molecular flexibility index (Phi) is 10.2. The summed E-state index contributed by atoms with van der Waals surface area (Å²) in [5, 5.41) is 0. The number of hydrogen-bond donors (Lipinski definition) is 0. The topological polar surface area (TPSA) is 9.72 Å². The first-order chi connectivity index (χ1) is 31.0. The minimum atomic E-state index is -0.103. The molecule has 0 spiro atoms. The Morgan fingerprint density at radius 3 is 1.56 bits per heavy atom. The summed E-state index contributed by atoms with van der Waals surface area (Å²) in [6.07, 6.45) is 7.55. The summed E-state index contributed by atoms with van der Waals surface area (Å²) in [7, 11) is 0. The van der Waals surface area contributed by atoms with Crippen molar-refractivity contribution < 1.29 is 0 Å². The van der Waals surface area contributed by atoms with Gasteiger partial charge >= 0.3 is 0 Å². The lowest BCUT2D eigenvalue weighted by molar-refractivity contribution is 0.218. The van der Waals surface area contributed by atoms with Gasteiger partial charge in [-0.05, 0) is 146 Å². The summed E-state index contributed by atoms with van der Waals surface area (Å²) >= 11 is 0. The zero-order valence-corrected chi connectivity index (χ0v) is 42.7. The van der Waals surface area contributed by atoms with E-state index in [2.05, 4.69) is 233 Å². The molecule has 0 radical (unpaired) electrons. The van der Waals surface area contributed by atoms with Crippen LogP contribution < -0.4 is 31.1 Å². The number of para-hydroxylation sites is 1. The molecule has 2 atom stereocenters. The Balaban J connectivity index is 1.29. The molecule has 0 aromatic heterocycles. The van der Waals surface area contributed by atoms with Gasteiger partial charge in [0.25, 0.3) is 6.71 Å². The van der Waals surface area contributed by atoms with Gasteiger partial charge in [-0.3, -0.25) is 0 Å². The van der Waals surface area contributed by atoms with Crippen molar-refractivity contribution in [3.05, 3.63) is 149 Å². The minimum absolute atomic E-state index is 0.00407. The summed E-state index contributed by atoms with van der Waals surface area (Å²) in [6, 6.07) is 48.4. The Morgan fingerprint density at radius 2 is 0.924 bits per heavy atom. The van der Waals surface area contributed by atoms with E-state index in [-0.39, 0.29) is 39.3 Å². The molecule has 4 aliphatic rings. The molecule has 0 N–H and O–H groups in total. The molecule has 3 aliphatic heterocycles. The first-order valence-corrected chi connectivity index (χ1v) is 25.2. The number of anilines is 8. The maximum absolute atomic E-state index is 2.79. The fourth-order valence-corrected chi connectivity index (χ4v) is 12.2. The highest BCUT2D eigenvalue weighted by molar-refractivity contribution is 7.00. The average Bonchev–Trinajstić information content (AvgIpc) is 3.43. The van der Waals surface area contributed by atoms with Crippen LogP contribution in [0, 0.1) is 0 Å². The smallest absolute Gasteiger partial charge is 0.252 e. The molecule has 6 aromatic carbocycles. The third kappa shape index (κ3) is 6.97. The Labute approximate surface area is 398 Å². The van der Waals surface area contributed by atoms with E-state index >= 15 is 0 Å². The van der Waals surface area contributed by atoms with Gasteiger partial charge in [0, 0.05) is 50.9 Å². The molecule has 3 heterocycles. The predicted octanol–water partition coefficient (Wildman–Crippen LogP) is 15.5. The highest BCUT2D eigenvalue weighted by Crippen LogP contribution is 2.60. The number of hydrogen-bond acceptors (Lipinski definition) is 3. The lowest BCUT2D eigenvalue weighted by atomic mass is 9.33. The second-order valence-corrected chi connectivity index (χ2v) is 25.0. The maximum atomic E-state index is 2.79. The quantitative estimate of drug-likeness (QED) is 0.164. The molecule has 10 rings (SSSR count). The summed E-state index contributed by atoms with van der Waals surface area (Å²) in [5.41, 5.74) is 21.1. The molecule has 1 aliphatic carbocycles. The molecule has 0 amide bonds. The van der Waals surface area contributed by atoms with E-state index < -0.39 is 0 Å². The average molecular weight is 872 g/mol. The van der Waals surface area contributed by atoms with Crippen molar-refractivity contribution in [2.75, 3.05) is 14.7 Å². The van der Waals surface area contributed by atoms with Crippen molar-refractivity contribution in [3.63, 3.8) is 0 Å². The van der Waals surface area contributed by atoms with Crippen LogP contribution in [0.5, 0.6) is 0 Å². The lowest BCUT2D eigenvalue weighted by Crippen LogP contribution is -2.61. The van der Waals surface area contributed by atoms with Crippen molar-refractivity contribution in [2.45, 2.75) is 168 Å². The summed E-state index contributed by atoms with van der Waals surface area (Å²) in [4.78, 5) is 8.06. The first kappa shape index (κ1) is 44.6. The lowest BCUT2D eigenvalue weighted by Gasteiger charge is -2.49. The molecule has 4 heteroatoms. The second kappa shape index (κ2) is 15.1. The predicted molar refractivity (Wildman–Crippen MR) is 287 cm³/mol. The fraction of sp³-hybridized carbons (Fsp3) is 0.419.